The van der Waals surface area contributed by atoms with Crippen LogP contribution in [0.15, 0.2) is 51.4 Å². The van der Waals surface area contributed by atoms with Crippen LogP contribution in [-0.4, -0.2) is 26.0 Å². The third-order valence-corrected chi connectivity index (χ3v) is 4.84. The van der Waals surface area contributed by atoms with E-state index in [-0.39, 0.29) is 18.2 Å². The number of furan rings is 1. The van der Waals surface area contributed by atoms with Gasteiger partial charge in [-0.3, -0.25) is 9.59 Å². The Bertz CT molecular complexity index is 972. The highest BCUT2D eigenvalue weighted by atomic mass is 79.9. The van der Waals surface area contributed by atoms with E-state index in [0.717, 1.165) is 4.47 Å². The maximum atomic E-state index is 13.2. The number of methoxy groups -OCH3 is 2. The predicted molar refractivity (Wildman–Crippen MR) is 105 cm³/mol. The van der Waals surface area contributed by atoms with Gasteiger partial charge in [0.2, 0.25) is 0 Å². The van der Waals surface area contributed by atoms with Crippen molar-refractivity contribution >= 4 is 38.7 Å². The van der Waals surface area contributed by atoms with Crippen molar-refractivity contribution in [2.45, 2.75) is 19.3 Å². The van der Waals surface area contributed by atoms with E-state index in [1.807, 2.05) is 12.1 Å². The molecule has 0 saturated carbocycles. The first-order chi connectivity index (χ1) is 13.0. The second kappa shape index (κ2) is 8.39. The molecule has 6 heteroatoms. The van der Waals surface area contributed by atoms with Crippen LogP contribution in [0, 0.1) is 0 Å². The summed E-state index contributed by atoms with van der Waals surface area (Å²) >= 11 is 3.38. The maximum Gasteiger partial charge on any atom is 0.305 e. The first kappa shape index (κ1) is 19.2. The van der Waals surface area contributed by atoms with Gasteiger partial charge in [0.05, 0.1) is 19.8 Å². The number of ether oxygens (including phenoxy) is 2. The van der Waals surface area contributed by atoms with Gasteiger partial charge in [0.25, 0.3) is 0 Å². The minimum Gasteiger partial charge on any atom is -0.497 e. The molecular weight excluding hydrogens is 412 g/mol. The van der Waals surface area contributed by atoms with Crippen LogP contribution in [0.1, 0.15) is 34.5 Å². The van der Waals surface area contributed by atoms with Crippen LogP contribution >= 0.6 is 15.9 Å². The molecule has 0 aliphatic rings. The van der Waals surface area contributed by atoms with E-state index in [0.29, 0.717) is 46.4 Å². The number of benzene rings is 2. The fourth-order valence-corrected chi connectivity index (χ4v) is 3.18. The largest absolute Gasteiger partial charge is 0.497 e. The van der Waals surface area contributed by atoms with Crippen molar-refractivity contribution in [2.75, 3.05) is 14.2 Å². The molecule has 0 spiro atoms. The lowest BCUT2D eigenvalue weighted by Crippen LogP contribution is -2.05. The van der Waals surface area contributed by atoms with Crippen LogP contribution < -0.4 is 4.74 Å². The number of rotatable bonds is 7. The molecule has 0 saturated heterocycles. The molecule has 0 N–H and O–H groups in total. The molecule has 1 aromatic heterocycles. The zero-order chi connectivity index (χ0) is 19.4. The molecule has 0 atom stereocenters. The summed E-state index contributed by atoms with van der Waals surface area (Å²) in [4.78, 5) is 24.6. The minimum atomic E-state index is -0.284. The van der Waals surface area contributed by atoms with Gasteiger partial charge in [-0.05, 0) is 48.9 Å². The van der Waals surface area contributed by atoms with Crippen molar-refractivity contribution in [1.29, 1.82) is 0 Å². The van der Waals surface area contributed by atoms with Gasteiger partial charge in [0.15, 0.2) is 5.78 Å². The van der Waals surface area contributed by atoms with E-state index in [2.05, 4.69) is 20.7 Å². The molecule has 0 radical (unpaired) electrons. The summed E-state index contributed by atoms with van der Waals surface area (Å²) in [5, 5.41) is 0.704. The number of esters is 1. The third kappa shape index (κ3) is 4.22. The molecule has 2 aromatic carbocycles. The van der Waals surface area contributed by atoms with Crippen LogP contribution in [0.4, 0.5) is 0 Å². The molecule has 27 heavy (non-hydrogen) atoms. The zero-order valence-electron chi connectivity index (χ0n) is 15.1. The Morgan fingerprint density at radius 1 is 1.07 bits per heavy atom. The summed E-state index contributed by atoms with van der Waals surface area (Å²) in [6, 6.07) is 12.6. The number of ketones is 1. The van der Waals surface area contributed by atoms with Gasteiger partial charge in [-0.1, -0.05) is 15.9 Å². The van der Waals surface area contributed by atoms with Gasteiger partial charge in [-0.15, -0.1) is 0 Å². The molecule has 140 valence electrons. The number of carbonyl (C=O) groups excluding carboxylic acids is 2. The first-order valence-electron chi connectivity index (χ1n) is 8.50. The zero-order valence-corrected chi connectivity index (χ0v) is 16.7. The lowest BCUT2D eigenvalue weighted by molar-refractivity contribution is -0.140. The van der Waals surface area contributed by atoms with E-state index >= 15 is 0 Å². The van der Waals surface area contributed by atoms with E-state index in [9.17, 15) is 9.59 Å². The second-order valence-electron chi connectivity index (χ2n) is 6.03. The van der Waals surface area contributed by atoms with E-state index < -0.39 is 0 Å². The molecule has 0 aliphatic heterocycles. The summed E-state index contributed by atoms with van der Waals surface area (Å²) in [7, 11) is 2.94. The van der Waals surface area contributed by atoms with Crippen LogP contribution in [-0.2, 0) is 16.0 Å². The van der Waals surface area contributed by atoms with Crippen LogP contribution in [0.3, 0.4) is 0 Å². The summed E-state index contributed by atoms with van der Waals surface area (Å²) < 4.78 is 16.8. The van der Waals surface area contributed by atoms with Gasteiger partial charge < -0.3 is 13.9 Å². The standard InChI is InChI=1S/C21H19BrO5/c1-25-15-10-11-17-16(12-15)20(18(27-17)4-3-5-19(23)26-2)21(24)13-6-8-14(22)9-7-13/h6-12H,3-5H2,1-2H3. The predicted octanol–water partition coefficient (Wildman–Crippen LogP) is 4.93. The van der Waals surface area contributed by atoms with Crippen molar-refractivity contribution in [3.8, 4) is 5.75 Å². The third-order valence-electron chi connectivity index (χ3n) is 4.31. The summed E-state index contributed by atoms with van der Waals surface area (Å²) in [5.74, 6) is 0.806. The first-order valence-corrected chi connectivity index (χ1v) is 9.29. The van der Waals surface area contributed by atoms with Crippen LogP contribution in [0.5, 0.6) is 5.75 Å². The Morgan fingerprint density at radius 2 is 1.81 bits per heavy atom. The molecule has 0 bridgehead atoms. The number of hydrogen-bond donors (Lipinski definition) is 0. The molecule has 0 unspecified atom stereocenters. The SMILES string of the molecule is COC(=O)CCCc1oc2ccc(OC)cc2c1C(=O)c1ccc(Br)cc1. The van der Waals surface area contributed by atoms with Gasteiger partial charge >= 0.3 is 5.97 Å². The Kier molecular flexibility index (Phi) is 5.96. The number of halogens is 1. The van der Waals surface area contributed by atoms with Crippen LogP contribution in [0.25, 0.3) is 11.0 Å². The van der Waals surface area contributed by atoms with Gasteiger partial charge in [0, 0.05) is 28.3 Å². The summed E-state index contributed by atoms with van der Waals surface area (Å²) in [6.07, 6.45) is 1.26. The second-order valence-corrected chi connectivity index (χ2v) is 6.94. The molecule has 0 amide bonds. The summed E-state index contributed by atoms with van der Waals surface area (Å²) in [6.45, 7) is 0. The Hall–Kier alpha value is -2.60. The van der Waals surface area contributed by atoms with Crippen LogP contribution in [0.2, 0.25) is 0 Å². The lowest BCUT2D eigenvalue weighted by atomic mass is 9.98. The fraction of sp³-hybridized carbons (Fsp3) is 0.238. The van der Waals surface area contributed by atoms with Gasteiger partial charge in [-0.25, -0.2) is 0 Å². The number of hydrogen-bond acceptors (Lipinski definition) is 5. The van der Waals surface area contributed by atoms with Crippen molar-refractivity contribution < 1.29 is 23.5 Å². The summed E-state index contributed by atoms with van der Waals surface area (Å²) in [5.41, 5.74) is 1.69. The number of carbonyl (C=O) groups is 2. The molecule has 5 nitrogen and oxygen atoms in total. The maximum absolute atomic E-state index is 13.2. The van der Waals surface area contributed by atoms with E-state index in [1.54, 1.807) is 37.4 Å². The number of fused-ring (bicyclic) bond motifs is 1. The van der Waals surface area contributed by atoms with Crippen molar-refractivity contribution in [3.05, 3.63) is 63.8 Å². The lowest BCUT2D eigenvalue weighted by Gasteiger charge is -2.04. The minimum absolute atomic E-state index is 0.123. The highest BCUT2D eigenvalue weighted by Crippen LogP contribution is 2.32. The average Bonchev–Trinajstić information content (AvgIpc) is 3.05. The molecule has 0 aliphatic carbocycles. The van der Waals surface area contributed by atoms with Crippen molar-refractivity contribution in [3.63, 3.8) is 0 Å². The Labute approximate surface area is 165 Å². The molecule has 0 fully saturated rings. The van der Waals surface area contributed by atoms with Crippen molar-refractivity contribution in [2.24, 2.45) is 0 Å². The van der Waals surface area contributed by atoms with Gasteiger partial charge in [-0.2, -0.15) is 0 Å². The Morgan fingerprint density at radius 3 is 2.48 bits per heavy atom. The average molecular weight is 431 g/mol. The number of aryl methyl sites for hydroxylation is 1. The monoisotopic (exact) mass is 430 g/mol. The molecule has 3 aromatic rings. The van der Waals surface area contributed by atoms with E-state index in [4.69, 9.17) is 9.15 Å². The Balaban J connectivity index is 2.02. The smallest absolute Gasteiger partial charge is 0.305 e. The van der Waals surface area contributed by atoms with Gasteiger partial charge in [0.1, 0.15) is 17.1 Å². The fourth-order valence-electron chi connectivity index (χ4n) is 2.92. The van der Waals surface area contributed by atoms with Crippen molar-refractivity contribution in [1.82, 2.24) is 0 Å². The molecular formula is C21H19BrO5. The highest BCUT2D eigenvalue weighted by Gasteiger charge is 2.22. The molecule has 3 rings (SSSR count). The molecule has 1 heterocycles. The normalized spacial score (nSPS) is 10.8. The highest BCUT2D eigenvalue weighted by molar-refractivity contribution is 9.10. The topological polar surface area (TPSA) is 65.7 Å². The quantitative estimate of drug-likeness (QED) is 0.392. The van der Waals surface area contributed by atoms with E-state index in [1.165, 1.54) is 7.11 Å².